The molecule has 0 amide bonds. The van der Waals surface area contributed by atoms with Gasteiger partial charge in [0.25, 0.3) is 0 Å². The van der Waals surface area contributed by atoms with E-state index in [0.29, 0.717) is 19.3 Å². The first-order valence-electron chi connectivity index (χ1n) is 30.2. The van der Waals surface area contributed by atoms with Crippen LogP contribution >= 0.6 is 0 Å². The second-order valence-electron chi connectivity index (χ2n) is 20.3. The van der Waals surface area contributed by atoms with Gasteiger partial charge in [0.05, 0.1) is 13.0 Å². The van der Waals surface area contributed by atoms with Crippen LogP contribution in [0.2, 0.25) is 0 Å². The zero-order valence-corrected chi connectivity index (χ0v) is 48.2. The fraction of sp³-hybridized carbons (Fsp3) is 0.692. The Bertz CT molecular complexity index is 1710. The number of carboxylic acids is 1. The van der Waals surface area contributed by atoms with Crippen LogP contribution in [0.1, 0.15) is 239 Å². The highest BCUT2D eigenvalue weighted by Crippen LogP contribution is 2.26. The maximum Gasteiger partial charge on any atom is 0.335 e. The van der Waals surface area contributed by atoms with Crippen molar-refractivity contribution in [3.8, 4) is 0 Å². The summed E-state index contributed by atoms with van der Waals surface area (Å²) in [5.41, 5.74) is 0. The number of carboxylic acid groups (broad SMARTS) is 1. The van der Waals surface area contributed by atoms with Crippen molar-refractivity contribution in [2.24, 2.45) is 0 Å². The summed E-state index contributed by atoms with van der Waals surface area (Å²) in [4.78, 5) is 51.1. The van der Waals surface area contributed by atoms with E-state index in [1.54, 1.807) is 6.08 Å². The molecule has 438 valence electrons. The van der Waals surface area contributed by atoms with Crippen LogP contribution in [0.5, 0.6) is 0 Å². The Kier molecular flexibility index (Phi) is 48.0. The number of rotatable bonds is 50. The van der Waals surface area contributed by atoms with E-state index in [2.05, 4.69) is 93.7 Å². The topological polar surface area (TPSA) is 175 Å². The van der Waals surface area contributed by atoms with E-state index in [0.717, 1.165) is 103 Å². The summed E-state index contributed by atoms with van der Waals surface area (Å²) in [6, 6.07) is 0. The van der Waals surface area contributed by atoms with E-state index in [-0.39, 0.29) is 25.9 Å². The van der Waals surface area contributed by atoms with Gasteiger partial charge in [-0.25, -0.2) is 4.79 Å². The first-order valence-corrected chi connectivity index (χ1v) is 30.2. The molecule has 0 radical (unpaired) electrons. The van der Waals surface area contributed by atoms with Crippen LogP contribution in [-0.4, -0.2) is 89.2 Å². The van der Waals surface area contributed by atoms with Crippen LogP contribution in [0.25, 0.3) is 0 Å². The highest BCUT2D eigenvalue weighted by Gasteiger charge is 2.50. The lowest BCUT2D eigenvalue weighted by Crippen LogP contribution is -2.61. The number of allylic oxidation sites excluding steroid dienone is 15. The van der Waals surface area contributed by atoms with E-state index < -0.39 is 67.3 Å². The van der Waals surface area contributed by atoms with Crippen molar-refractivity contribution in [1.82, 2.24) is 0 Å². The summed E-state index contributed by atoms with van der Waals surface area (Å²) < 4.78 is 28.3. The normalized spacial score (nSPS) is 18.7. The molecule has 1 aliphatic heterocycles. The van der Waals surface area contributed by atoms with Gasteiger partial charge in [-0.15, -0.1) is 0 Å². The highest BCUT2D eigenvalue weighted by molar-refractivity contribution is 5.74. The molecule has 1 saturated heterocycles. The molecule has 12 heteroatoms. The number of aliphatic hydroxyl groups is 2. The van der Waals surface area contributed by atoms with E-state index in [1.165, 1.54) is 77.0 Å². The van der Waals surface area contributed by atoms with Gasteiger partial charge < -0.3 is 39.0 Å². The monoisotopic (exact) mass is 1080 g/mol. The molecule has 0 saturated carbocycles. The van der Waals surface area contributed by atoms with Gasteiger partial charge in [0.15, 0.2) is 24.6 Å². The van der Waals surface area contributed by atoms with Gasteiger partial charge in [-0.2, -0.15) is 0 Å². The number of carbonyl (C=O) groups is 4. The Hall–Kier alpha value is -4.36. The van der Waals surface area contributed by atoms with E-state index in [4.69, 9.17) is 23.7 Å². The van der Waals surface area contributed by atoms with Gasteiger partial charge in [0.2, 0.25) is 0 Å². The molecule has 0 aromatic rings. The van der Waals surface area contributed by atoms with E-state index >= 15 is 0 Å². The number of hydrogen-bond acceptors (Lipinski definition) is 11. The number of esters is 3. The lowest BCUT2D eigenvalue weighted by Gasteiger charge is -2.40. The number of ether oxygens (including phenoxy) is 5. The number of hydrogen-bond donors (Lipinski definition) is 3. The molecule has 1 fully saturated rings. The number of aliphatic hydroxyl groups excluding tert-OH is 2. The van der Waals surface area contributed by atoms with Crippen LogP contribution in [0.3, 0.4) is 0 Å². The summed E-state index contributed by atoms with van der Waals surface area (Å²) in [5, 5.41) is 31.5. The van der Waals surface area contributed by atoms with E-state index in [9.17, 15) is 34.5 Å². The Morgan fingerprint density at radius 1 is 0.455 bits per heavy atom. The summed E-state index contributed by atoms with van der Waals surface area (Å²) in [6.07, 6.45) is 56.9. The Balaban J connectivity index is 2.74. The van der Waals surface area contributed by atoms with Gasteiger partial charge in [-0.05, 0) is 83.5 Å². The van der Waals surface area contributed by atoms with Crippen molar-refractivity contribution in [3.63, 3.8) is 0 Å². The zero-order valence-electron chi connectivity index (χ0n) is 48.2. The van der Waals surface area contributed by atoms with Crippen molar-refractivity contribution in [1.29, 1.82) is 0 Å². The number of carbonyl (C=O) groups excluding carboxylic acids is 3. The van der Waals surface area contributed by atoms with Crippen molar-refractivity contribution >= 4 is 23.9 Å². The molecule has 1 rings (SSSR count). The lowest BCUT2D eigenvalue weighted by atomic mass is 9.98. The minimum absolute atomic E-state index is 0.0476. The Morgan fingerprint density at radius 3 is 1.34 bits per heavy atom. The summed E-state index contributed by atoms with van der Waals surface area (Å²) in [5.74, 6) is -3.31. The van der Waals surface area contributed by atoms with Gasteiger partial charge >= 0.3 is 23.9 Å². The van der Waals surface area contributed by atoms with Crippen LogP contribution in [0.4, 0.5) is 0 Å². The van der Waals surface area contributed by atoms with Crippen LogP contribution < -0.4 is 0 Å². The summed E-state index contributed by atoms with van der Waals surface area (Å²) in [7, 11) is 0. The minimum Gasteiger partial charge on any atom is -0.479 e. The molecule has 0 aromatic heterocycles. The van der Waals surface area contributed by atoms with Crippen molar-refractivity contribution in [2.75, 3.05) is 13.2 Å². The van der Waals surface area contributed by atoms with Gasteiger partial charge in [0.1, 0.15) is 18.8 Å². The molecule has 1 aliphatic rings. The first kappa shape index (κ1) is 70.7. The van der Waals surface area contributed by atoms with Crippen molar-refractivity contribution in [2.45, 2.75) is 276 Å². The molecule has 0 aromatic carbocycles. The third-order valence-electron chi connectivity index (χ3n) is 13.2. The predicted molar refractivity (Wildman–Crippen MR) is 312 cm³/mol. The standard InChI is InChI=1S/C65H106O12/c1-4-7-10-13-16-19-22-25-27-28-29-30-32-34-36-39-42-45-48-51-57(66)73-54-56(75-58(67)52-49-46-43-40-38-35-31-26-23-20-17-14-11-8-5-2)55-74-65-63(61(70)60(69)62(77-65)64(71)72)76-59(68)53-50-47-44-41-37-33-24-21-18-15-12-9-6-3/h8,11,16-17,19-20,25-27,29-31,38,40,46,49,56,60-63,65,69-70H,4-7,9-10,12-15,18,21-24,28,32-37,39,41-45,47-48,50-55H2,1-3H3,(H,71,72)/b11-8-,19-16-,20-17-,27-25-,30-29-,31-26-,40-38-,49-46-. The fourth-order valence-electron chi connectivity index (χ4n) is 8.57. The second kappa shape index (κ2) is 52.3. The quantitative estimate of drug-likeness (QED) is 0.0228. The van der Waals surface area contributed by atoms with Crippen molar-refractivity contribution < 1.29 is 58.2 Å². The summed E-state index contributed by atoms with van der Waals surface area (Å²) in [6.45, 7) is 5.75. The molecule has 6 atom stereocenters. The first-order chi connectivity index (χ1) is 37.6. The molecule has 3 N–H and O–H groups in total. The third kappa shape index (κ3) is 42.3. The van der Waals surface area contributed by atoms with Crippen LogP contribution in [0, 0.1) is 0 Å². The molecule has 1 heterocycles. The smallest absolute Gasteiger partial charge is 0.335 e. The molecule has 12 nitrogen and oxygen atoms in total. The third-order valence-corrected chi connectivity index (χ3v) is 13.2. The molecular weight excluding hydrogens is 973 g/mol. The maximum atomic E-state index is 13.1. The predicted octanol–water partition coefficient (Wildman–Crippen LogP) is 15.7. The number of unbranched alkanes of at least 4 members (excludes halogenated alkanes) is 21. The largest absolute Gasteiger partial charge is 0.479 e. The average Bonchev–Trinajstić information content (AvgIpc) is 3.41. The van der Waals surface area contributed by atoms with Crippen LogP contribution in [-0.2, 0) is 42.9 Å². The lowest BCUT2D eigenvalue weighted by molar-refractivity contribution is -0.301. The number of aliphatic carboxylic acids is 1. The average molecular weight is 1080 g/mol. The zero-order chi connectivity index (χ0) is 56.1. The molecule has 6 unspecified atom stereocenters. The SMILES string of the molecule is CC/C=C\C/C=C\C/C=C\C/C=C\C/C=C\CC(=O)OC(COC(=O)CCCCCCCC/C=C\C/C=C\C/C=C\CCCCC)COC1OC(C(=O)O)C(O)C(O)C1OC(=O)CCCCCCCCCCCCCCC. The van der Waals surface area contributed by atoms with E-state index in [1.807, 2.05) is 18.2 Å². The Morgan fingerprint density at radius 2 is 0.857 bits per heavy atom. The summed E-state index contributed by atoms with van der Waals surface area (Å²) >= 11 is 0. The van der Waals surface area contributed by atoms with Crippen LogP contribution in [0.15, 0.2) is 97.2 Å². The molecule has 0 aliphatic carbocycles. The second-order valence-corrected chi connectivity index (χ2v) is 20.3. The van der Waals surface area contributed by atoms with Crippen molar-refractivity contribution in [3.05, 3.63) is 97.2 Å². The maximum absolute atomic E-state index is 13.1. The minimum atomic E-state index is -1.92. The Labute approximate surface area is 466 Å². The van der Waals surface area contributed by atoms with Gasteiger partial charge in [-0.3, -0.25) is 14.4 Å². The molecule has 77 heavy (non-hydrogen) atoms. The molecular formula is C65H106O12. The molecule has 0 bridgehead atoms. The highest BCUT2D eigenvalue weighted by atomic mass is 16.7. The van der Waals surface area contributed by atoms with Gasteiger partial charge in [0, 0.05) is 12.8 Å². The van der Waals surface area contributed by atoms with Gasteiger partial charge in [-0.1, -0.05) is 234 Å². The fourth-order valence-corrected chi connectivity index (χ4v) is 8.57. The molecule has 0 spiro atoms.